The number of halogens is 2. The molecular weight excluding hydrogens is 1540 g/mol. The predicted octanol–water partition coefficient (Wildman–Crippen LogP) is 33.6. The molecule has 7 N–H and O–H groups in total. The first kappa shape index (κ1) is 120. The molecule has 7 aromatic rings. The van der Waals surface area contributed by atoms with E-state index in [-0.39, 0.29) is 49.9 Å². The van der Waals surface area contributed by atoms with Gasteiger partial charge in [0.1, 0.15) is 0 Å². The fourth-order valence-corrected chi connectivity index (χ4v) is 15.4. The average molecular weight is 1740 g/mol. The molecular formula is C117H199F2N7. The second-order valence-corrected chi connectivity index (χ2v) is 52.4. The summed E-state index contributed by atoms with van der Waals surface area (Å²) in [5.41, 5.74) is 22.8. The Morgan fingerprint density at radius 2 is 0.492 bits per heavy atom. The molecule has 9 heteroatoms. The van der Waals surface area contributed by atoms with Gasteiger partial charge in [0.2, 0.25) is 0 Å². The van der Waals surface area contributed by atoms with Crippen molar-refractivity contribution in [1.82, 2.24) is 21.3 Å². The van der Waals surface area contributed by atoms with Gasteiger partial charge in [-0.3, -0.25) is 8.78 Å². The minimum absolute atomic E-state index is 0.00148. The first-order valence-corrected chi connectivity index (χ1v) is 47.5. The standard InChI is InChI=1S/C18H29N.C18H31N.2C17H29N.3C15H25N.2CH3F/c1-16(2,3)13-14-7-9-15(10-8-14)18(11-12-18)19-17(4,5)6;1-16(2,3)13-14-9-11-15(12-10-14)18(7,8)19-17(4,5)6;2*1-13(18-17(5,6)7)15-10-8-14(9-11-15)12-16(2,3)4;2*1-14(2,3)11-12-7-9-13(10-8-12)16-15(4,5)6;1-14(2,3)11-12-8-7-9-13(10-12)16-15(4,5)6;2*1-2/h7-10,19H,11-13H2,1-6H3;9-12,19H,13H2,1-8H3;2*8-11,13,18H,12H2,1-7H3;3*7-10,16H,11H2,1-6H3;2*1H3/t;;2*13-;;;;;/m..10...../s1. The van der Waals surface area contributed by atoms with Gasteiger partial charge in [-0.05, 0) is 366 Å². The maximum Gasteiger partial charge on any atom is 0.0785 e. The first-order chi connectivity index (χ1) is 56.6. The molecule has 0 spiro atoms. The molecule has 0 aliphatic heterocycles. The summed E-state index contributed by atoms with van der Waals surface area (Å²) in [5, 5.41) is 25.1. The van der Waals surface area contributed by atoms with Gasteiger partial charge in [0, 0.05) is 79.0 Å². The van der Waals surface area contributed by atoms with Crippen LogP contribution in [0.25, 0.3) is 0 Å². The molecule has 0 heterocycles. The lowest BCUT2D eigenvalue weighted by Gasteiger charge is -2.35. The van der Waals surface area contributed by atoms with Crippen molar-refractivity contribution in [2.75, 3.05) is 30.3 Å². The Balaban J connectivity index is 0.00000144. The van der Waals surface area contributed by atoms with E-state index in [2.05, 4.69) is 526 Å². The van der Waals surface area contributed by atoms with Crippen molar-refractivity contribution >= 4 is 17.1 Å². The van der Waals surface area contributed by atoms with Gasteiger partial charge in [-0.25, -0.2) is 0 Å². The molecule has 1 saturated carbocycles. The van der Waals surface area contributed by atoms with Gasteiger partial charge in [0.25, 0.3) is 0 Å². The van der Waals surface area contributed by atoms with Crippen LogP contribution in [0.1, 0.15) is 405 Å². The number of hydrogen-bond donors (Lipinski definition) is 7. The van der Waals surface area contributed by atoms with Gasteiger partial charge in [0.05, 0.1) is 14.4 Å². The summed E-state index contributed by atoms with van der Waals surface area (Å²) in [6, 6.07) is 63.5. The van der Waals surface area contributed by atoms with Crippen molar-refractivity contribution in [2.24, 2.45) is 37.9 Å². The molecule has 0 amide bonds. The van der Waals surface area contributed by atoms with Crippen LogP contribution in [-0.2, 0) is 56.0 Å². The highest BCUT2D eigenvalue weighted by atomic mass is 19.1. The Morgan fingerprint density at radius 3 is 0.722 bits per heavy atom. The van der Waals surface area contributed by atoms with E-state index in [1.807, 2.05) is 0 Å². The zero-order valence-electron chi connectivity index (χ0n) is 90.9. The molecule has 7 nitrogen and oxygen atoms in total. The molecule has 1 aliphatic rings. The summed E-state index contributed by atoms with van der Waals surface area (Å²) in [6.07, 6.45) is 10.4. The van der Waals surface area contributed by atoms with Gasteiger partial charge < -0.3 is 37.2 Å². The summed E-state index contributed by atoms with van der Waals surface area (Å²) in [5.74, 6) is 0. The molecule has 0 aromatic heterocycles. The van der Waals surface area contributed by atoms with Crippen molar-refractivity contribution in [3.05, 3.63) is 231 Å². The van der Waals surface area contributed by atoms with E-state index in [9.17, 15) is 8.78 Å². The summed E-state index contributed by atoms with van der Waals surface area (Å²) >= 11 is 0. The molecule has 0 saturated heterocycles. The minimum Gasteiger partial charge on any atom is -0.380 e. The first-order valence-electron chi connectivity index (χ1n) is 47.5. The summed E-state index contributed by atoms with van der Waals surface area (Å²) in [7, 11) is 1.00. The predicted molar refractivity (Wildman–Crippen MR) is 564 cm³/mol. The fraction of sp³-hybridized carbons (Fsp3) is 0.641. The van der Waals surface area contributed by atoms with Gasteiger partial charge in [-0.2, -0.15) is 0 Å². The van der Waals surface area contributed by atoms with Gasteiger partial charge >= 0.3 is 0 Å². The highest BCUT2D eigenvalue weighted by Gasteiger charge is 2.46. The molecule has 126 heavy (non-hydrogen) atoms. The van der Waals surface area contributed by atoms with E-state index < -0.39 is 0 Å². The number of anilines is 3. The van der Waals surface area contributed by atoms with E-state index in [4.69, 9.17) is 0 Å². The number of hydrogen-bond acceptors (Lipinski definition) is 7. The molecule has 0 bridgehead atoms. The molecule has 2 atom stereocenters. The normalized spacial score (nSPS) is 13.9. The van der Waals surface area contributed by atoms with Crippen molar-refractivity contribution in [1.29, 1.82) is 0 Å². The lowest BCUT2D eigenvalue weighted by molar-refractivity contribution is 0.286. The van der Waals surface area contributed by atoms with Crippen LogP contribution in [0, 0.1) is 37.9 Å². The van der Waals surface area contributed by atoms with Crippen LogP contribution >= 0.6 is 0 Å². The molecule has 1 fully saturated rings. The zero-order valence-corrected chi connectivity index (χ0v) is 90.9. The smallest absolute Gasteiger partial charge is 0.0785 e. The van der Waals surface area contributed by atoms with Crippen LogP contribution in [0.3, 0.4) is 0 Å². The number of benzene rings is 7. The third-order valence-electron chi connectivity index (χ3n) is 19.0. The van der Waals surface area contributed by atoms with Crippen molar-refractivity contribution in [3.8, 4) is 0 Å². The fourth-order valence-electron chi connectivity index (χ4n) is 15.4. The summed E-state index contributed by atoms with van der Waals surface area (Å²) in [4.78, 5) is 0. The third kappa shape index (κ3) is 62.0. The quantitative estimate of drug-likeness (QED) is 0.0461. The van der Waals surface area contributed by atoms with Crippen LogP contribution < -0.4 is 37.2 Å². The Bertz CT molecular complexity index is 3740. The molecule has 0 radical (unpaired) electrons. The SMILES string of the molecule is CC(C)(C)Cc1ccc(C(C)(C)NC(C)(C)C)cc1.CC(C)(C)Cc1ccc(C2(NC(C)(C)C)CC2)cc1.CC(C)(C)Cc1ccc(NC(C)(C)C)cc1.CC(C)(C)Cc1ccc(NC(C)(C)C)cc1.CC(C)(C)Cc1cccc(NC(C)(C)C)c1.CF.CF.C[C@@H](NC(C)(C)C)c1ccc(CC(C)(C)C)cc1.C[C@H](NC(C)(C)C)c1ccc(CC(C)(C)C)cc1. The molecule has 716 valence electrons. The Kier molecular flexibility index (Phi) is 47.3. The van der Waals surface area contributed by atoms with E-state index in [0.29, 0.717) is 64.3 Å². The lowest BCUT2D eigenvalue weighted by Crippen LogP contribution is -2.48. The second-order valence-electron chi connectivity index (χ2n) is 52.4. The van der Waals surface area contributed by atoms with Crippen LogP contribution in [0.2, 0.25) is 0 Å². The van der Waals surface area contributed by atoms with E-state index >= 15 is 0 Å². The van der Waals surface area contributed by atoms with E-state index in [0.717, 1.165) is 44.9 Å². The highest BCUT2D eigenvalue weighted by Crippen LogP contribution is 2.47. The second kappa shape index (κ2) is 49.8. The number of nitrogens with one attached hydrogen (secondary N) is 7. The largest absolute Gasteiger partial charge is 0.380 e. The lowest BCUT2D eigenvalue weighted by atomic mass is 9.86. The highest BCUT2D eigenvalue weighted by molar-refractivity contribution is 5.49. The summed E-state index contributed by atoms with van der Waals surface area (Å²) < 4.78 is 19.0. The van der Waals surface area contributed by atoms with Crippen LogP contribution in [0.4, 0.5) is 25.8 Å². The van der Waals surface area contributed by atoms with E-state index in [1.54, 1.807) is 0 Å². The van der Waals surface area contributed by atoms with Crippen molar-refractivity contribution in [3.63, 3.8) is 0 Å². The van der Waals surface area contributed by atoms with Crippen LogP contribution in [0.5, 0.6) is 0 Å². The molecule has 0 unspecified atom stereocenters. The van der Waals surface area contributed by atoms with Crippen LogP contribution in [-0.4, -0.2) is 53.1 Å². The summed E-state index contributed by atoms with van der Waals surface area (Å²) in [6.45, 7) is 103. The minimum atomic E-state index is -0.00148. The molecule has 1 aliphatic carbocycles. The number of alkyl halides is 2. The van der Waals surface area contributed by atoms with E-state index in [1.165, 1.54) is 91.1 Å². The zero-order chi connectivity index (χ0) is 98.4. The average Bonchev–Trinajstić information content (AvgIpc) is 1.61. The topological polar surface area (TPSA) is 84.2 Å². The molecule has 8 rings (SSSR count). The maximum absolute atomic E-state index is 9.50. The number of rotatable bonds is 18. The molecule has 7 aromatic carbocycles. The Hall–Kier alpha value is -6.36. The van der Waals surface area contributed by atoms with Crippen LogP contribution in [0.15, 0.2) is 170 Å². The van der Waals surface area contributed by atoms with Crippen molar-refractivity contribution < 1.29 is 8.78 Å². The monoisotopic (exact) mass is 1740 g/mol. The third-order valence-corrected chi connectivity index (χ3v) is 19.0. The van der Waals surface area contributed by atoms with Crippen molar-refractivity contribution in [2.45, 2.75) is 438 Å². The maximum atomic E-state index is 9.50. The Morgan fingerprint density at radius 1 is 0.254 bits per heavy atom. The van der Waals surface area contributed by atoms with Gasteiger partial charge in [-0.1, -0.05) is 279 Å². The van der Waals surface area contributed by atoms with Gasteiger partial charge in [0.15, 0.2) is 0 Å². The van der Waals surface area contributed by atoms with Gasteiger partial charge in [-0.15, -0.1) is 0 Å². The Labute approximate surface area is 779 Å².